The molecule has 3 nitrogen and oxygen atoms in total. The van der Waals surface area contributed by atoms with E-state index in [4.69, 9.17) is 21.1 Å². The van der Waals surface area contributed by atoms with Crippen molar-refractivity contribution in [2.45, 2.75) is 32.6 Å². The second-order valence-corrected chi connectivity index (χ2v) is 11.4. The predicted octanol–water partition coefficient (Wildman–Crippen LogP) is 3.83. The van der Waals surface area contributed by atoms with Crippen LogP contribution in [0.1, 0.15) is 12.6 Å². The van der Waals surface area contributed by atoms with Gasteiger partial charge in [-0.15, -0.1) is 0 Å². The number of halogens is 1. The number of pyridine rings is 1. The number of hydrogen-bond acceptors (Lipinski definition) is 3. The van der Waals surface area contributed by atoms with Crippen molar-refractivity contribution in [3.63, 3.8) is 0 Å². The Bertz CT molecular complexity index is 501. The highest BCUT2D eigenvalue weighted by Gasteiger charge is 2.17. The molecule has 1 rings (SSSR count). The fourth-order valence-corrected chi connectivity index (χ4v) is 2.37. The summed E-state index contributed by atoms with van der Waals surface area (Å²) in [6.45, 7) is 9.30. The lowest BCUT2D eigenvalue weighted by Gasteiger charge is -2.18. The van der Waals surface area contributed by atoms with Crippen LogP contribution >= 0.6 is 11.6 Å². The fraction of sp³-hybridized carbons (Fsp3) is 0.500. The number of ether oxygens (including phenoxy) is 2. The van der Waals surface area contributed by atoms with Crippen LogP contribution in [0.4, 0.5) is 0 Å². The molecule has 1 aromatic rings. The Hall–Kier alpha value is -1.18. The maximum Gasteiger partial charge on any atom is 0.197 e. The summed E-state index contributed by atoms with van der Waals surface area (Å²) in [7, 11) is 0.422. The van der Waals surface area contributed by atoms with Crippen molar-refractivity contribution in [3.05, 3.63) is 16.9 Å². The Labute approximate surface area is 121 Å². The maximum atomic E-state index is 6.06. The molecule has 0 unspecified atom stereocenters. The van der Waals surface area contributed by atoms with Gasteiger partial charge in [0.05, 0.1) is 19.9 Å². The zero-order valence-electron chi connectivity index (χ0n) is 12.1. The Balaban J connectivity index is 3.00. The van der Waals surface area contributed by atoms with Crippen molar-refractivity contribution in [3.8, 4) is 23.3 Å². The summed E-state index contributed by atoms with van der Waals surface area (Å²) in [6.07, 6.45) is 1.53. The lowest BCUT2D eigenvalue weighted by atomic mass is 10.3. The summed E-state index contributed by atoms with van der Waals surface area (Å²) in [5, 5.41) is 0.437. The average Bonchev–Trinajstić information content (AvgIpc) is 2.31. The van der Waals surface area contributed by atoms with Gasteiger partial charge in [-0.3, -0.25) is 0 Å². The highest BCUT2D eigenvalue weighted by atomic mass is 35.5. The number of aromatic nitrogens is 1. The average molecular weight is 298 g/mol. The van der Waals surface area contributed by atoms with Crippen LogP contribution < -0.4 is 9.47 Å². The van der Waals surface area contributed by atoms with Crippen molar-refractivity contribution < 1.29 is 9.47 Å². The largest absolute Gasteiger partial charge is 0.491 e. The Morgan fingerprint density at radius 1 is 1.32 bits per heavy atom. The molecule has 0 aromatic carbocycles. The zero-order valence-corrected chi connectivity index (χ0v) is 13.9. The van der Waals surface area contributed by atoms with Gasteiger partial charge in [-0.25, -0.2) is 4.98 Å². The molecule has 5 heteroatoms. The van der Waals surface area contributed by atoms with Crippen molar-refractivity contribution in [2.75, 3.05) is 13.7 Å². The molecule has 0 atom stereocenters. The normalized spacial score (nSPS) is 10.6. The molecular formula is C14H20ClNO2Si. The molecule has 0 radical (unpaired) electrons. The van der Waals surface area contributed by atoms with Crippen LogP contribution in [0, 0.1) is 11.8 Å². The molecule has 0 saturated carbocycles. The molecular weight excluding hydrogens is 278 g/mol. The predicted molar refractivity (Wildman–Crippen MR) is 82.0 cm³/mol. The quantitative estimate of drug-likeness (QED) is 0.611. The number of hydrogen-bond donors (Lipinski definition) is 0. The van der Waals surface area contributed by atoms with Crippen LogP contribution in [0.3, 0.4) is 0 Å². The van der Waals surface area contributed by atoms with Crippen molar-refractivity contribution >= 4 is 19.7 Å². The summed E-state index contributed by atoms with van der Waals surface area (Å²) in [5.41, 5.74) is 0.569. The summed E-state index contributed by atoms with van der Waals surface area (Å²) in [5.74, 6) is 6.78. The monoisotopic (exact) mass is 297 g/mol. The third-order valence-electron chi connectivity index (χ3n) is 2.49. The van der Waals surface area contributed by atoms with Crippen LogP contribution in [0.25, 0.3) is 0 Å². The summed E-state index contributed by atoms with van der Waals surface area (Å²) < 4.78 is 11.1. The van der Waals surface area contributed by atoms with Crippen molar-refractivity contribution in [1.82, 2.24) is 4.98 Å². The number of methoxy groups -OCH3 is 1. The second kappa shape index (κ2) is 6.83. The molecule has 0 saturated heterocycles. The minimum Gasteiger partial charge on any atom is -0.491 e. The van der Waals surface area contributed by atoms with Gasteiger partial charge in [-0.2, -0.15) is 0 Å². The molecule has 1 heterocycles. The highest BCUT2D eigenvalue weighted by Crippen LogP contribution is 2.36. The SMILES string of the molecule is CC#Cc1ncc(Cl)c(OC)c1OCC[Si](C)(C)C. The van der Waals surface area contributed by atoms with Crippen molar-refractivity contribution in [2.24, 2.45) is 0 Å². The van der Waals surface area contributed by atoms with Crippen LogP contribution in [-0.2, 0) is 0 Å². The highest BCUT2D eigenvalue weighted by molar-refractivity contribution is 6.76. The molecule has 104 valence electrons. The molecule has 0 fully saturated rings. The minimum absolute atomic E-state index is 0.437. The summed E-state index contributed by atoms with van der Waals surface area (Å²) in [6, 6.07) is 1.06. The minimum atomic E-state index is -1.14. The molecule has 19 heavy (non-hydrogen) atoms. The third-order valence-corrected chi connectivity index (χ3v) is 4.46. The lowest BCUT2D eigenvalue weighted by Crippen LogP contribution is -2.22. The van der Waals surface area contributed by atoms with Gasteiger partial charge >= 0.3 is 0 Å². The summed E-state index contributed by atoms with van der Waals surface area (Å²) >= 11 is 6.06. The molecule has 0 aliphatic rings. The van der Waals surface area contributed by atoms with Crippen LogP contribution in [-0.4, -0.2) is 26.8 Å². The van der Waals surface area contributed by atoms with E-state index in [0.29, 0.717) is 28.8 Å². The number of rotatable bonds is 5. The molecule has 0 aliphatic carbocycles. The van der Waals surface area contributed by atoms with Gasteiger partial charge in [0.25, 0.3) is 0 Å². The van der Waals surface area contributed by atoms with E-state index in [1.165, 1.54) is 6.20 Å². The Morgan fingerprint density at radius 3 is 2.53 bits per heavy atom. The van der Waals surface area contributed by atoms with Gasteiger partial charge in [-0.1, -0.05) is 37.2 Å². The Morgan fingerprint density at radius 2 is 2.00 bits per heavy atom. The first-order chi connectivity index (χ1) is 8.89. The van der Waals surface area contributed by atoms with E-state index < -0.39 is 8.07 Å². The summed E-state index contributed by atoms with van der Waals surface area (Å²) in [4.78, 5) is 4.19. The fourth-order valence-electron chi connectivity index (χ4n) is 1.45. The molecule has 0 N–H and O–H groups in total. The smallest absolute Gasteiger partial charge is 0.197 e. The van der Waals surface area contributed by atoms with E-state index in [1.54, 1.807) is 14.0 Å². The second-order valence-electron chi connectivity index (χ2n) is 5.35. The van der Waals surface area contributed by atoms with Crippen molar-refractivity contribution in [1.29, 1.82) is 0 Å². The van der Waals surface area contributed by atoms with Gasteiger partial charge in [0.15, 0.2) is 17.2 Å². The molecule has 0 spiro atoms. The van der Waals surface area contributed by atoms with Gasteiger partial charge in [0.2, 0.25) is 0 Å². The van der Waals surface area contributed by atoms with E-state index in [-0.39, 0.29) is 0 Å². The van der Waals surface area contributed by atoms with Gasteiger partial charge in [0.1, 0.15) is 5.02 Å². The molecule has 0 aliphatic heterocycles. The Kier molecular flexibility index (Phi) is 5.71. The molecule has 0 bridgehead atoms. The zero-order chi connectivity index (χ0) is 14.5. The number of nitrogens with zero attached hydrogens (tertiary/aromatic N) is 1. The van der Waals surface area contributed by atoms with Crippen LogP contribution in [0.2, 0.25) is 30.7 Å². The first-order valence-corrected chi connectivity index (χ1v) is 10.3. The molecule has 0 amide bonds. The first-order valence-electron chi connectivity index (χ1n) is 6.17. The van der Waals surface area contributed by atoms with E-state index in [1.807, 2.05) is 0 Å². The first kappa shape index (κ1) is 15.9. The van der Waals surface area contributed by atoms with Gasteiger partial charge in [-0.05, 0) is 18.9 Å². The van der Waals surface area contributed by atoms with E-state index >= 15 is 0 Å². The van der Waals surface area contributed by atoms with E-state index in [9.17, 15) is 0 Å². The standard InChI is InChI=1S/C14H20ClNO2Si/c1-6-7-12-14(18-8-9-19(3,4)5)13(17-2)11(15)10-16-12/h10H,8-9H2,1-5H3. The van der Waals surface area contributed by atoms with E-state index in [2.05, 4.69) is 36.5 Å². The topological polar surface area (TPSA) is 31.4 Å². The third kappa shape index (κ3) is 4.77. The lowest BCUT2D eigenvalue weighted by molar-refractivity contribution is 0.307. The van der Waals surface area contributed by atoms with Crippen LogP contribution in [0.5, 0.6) is 11.5 Å². The molecule has 1 aromatic heterocycles. The van der Waals surface area contributed by atoms with Gasteiger partial charge in [0, 0.05) is 8.07 Å². The van der Waals surface area contributed by atoms with Gasteiger partial charge < -0.3 is 9.47 Å². The van der Waals surface area contributed by atoms with Crippen LogP contribution in [0.15, 0.2) is 6.20 Å². The van der Waals surface area contributed by atoms with E-state index in [0.717, 1.165) is 6.04 Å². The maximum absolute atomic E-state index is 6.06.